The molecule has 52 valence electrons. The molecule has 1 aliphatic rings. The van der Waals surface area contributed by atoms with Crippen LogP contribution >= 0.6 is 0 Å². The highest BCUT2D eigenvalue weighted by Crippen LogP contribution is 2.07. The lowest BCUT2D eigenvalue weighted by Crippen LogP contribution is -2.52. The molecule has 4 N–H and O–H groups in total. The van der Waals surface area contributed by atoms with Crippen LogP contribution < -0.4 is 11.7 Å². The van der Waals surface area contributed by atoms with E-state index >= 15 is 0 Å². The highest BCUT2D eigenvalue weighted by molar-refractivity contribution is 5.77. The van der Waals surface area contributed by atoms with Crippen molar-refractivity contribution in [2.45, 2.75) is 12.8 Å². The van der Waals surface area contributed by atoms with Crippen LogP contribution in [0.5, 0.6) is 0 Å². The molecule has 9 heavy (non-hydrogen) atoms. The van der Waals surface area contributed by atoms with Crippen molar-refractivity contribution in [3.63, 3.8) is 0 Å². The highest BCUT2D eigenvalue weighted by Gasteiger charge is 2.22. The third-order valence-electron chi connectivity index (χ3n) is 1.33. The van der Waals surface area contributed by atoms with Gasteiger partial charge in [-0.1, -0.05) is 5.23 Å². The molecule has 0 bridgehead atoms. The van der Waals surface area contributed by atoms with Crippen LogP contribution in [-0.4, -0.2) is 22.7 Å². The van der Waals surface area contributed by atoms with Gasteiger partial charge in [0.15, 0.2) is 0 Å². The van der Waals surface area contributed by atoms with Crippen molar-refractivity contribution in [2.24, 2.45) is 11.7 Å². The Labute approximate surface area is 53.1 Å². The number of hydrogen-bond acceptors (Lipinski definition) is 4. The van der Waals surface area contributed by atoms with Crippen molar-refractivity contribution >= 4 is 5.91 Å². The standard InChI is InChI=1S/C4H10N4O/c5-8(6)7-3-1-2-4(7)9/h1-3,5-6H2. The van der Waals surface area contributed by atoms with E-state index in [1.807, 2.05) is 0 Å². The van der Waals surface area contributed by atoms with Crippen LogP contribution in [0, 0.1) is 0 Å². The van der Waals surface area contributed by atoms with E-state index in [4.69, 9.17) is 11.7 Å². The number of nitrogens with zero attached hydrogens (tertiary/aromatic N) is 2. The summed E-state index contributed by atoms with van der Waals surface area (Å²) in [4.78, 5) is 10.7. The molecular weight excluding hydrogens is 120 g/mol. The first-order valence-electron chi connectivity index (χ1n) is 2.81. The summed E-state index contributed by atoms with van der Waals surface area (Å²) in [6.07, 6.45) is 1.41. The van der Waals surface area contributed by atoms with E-state index in [1.54, 1.807) is 0 Å². The molecule has 0 aromatic carbocycles. The van der Waals surface area contributed by atoms with Gasteiger partial charge < -0.3 is 0 Å². The van der Waals surface area contributed by atoms with Crippen molar-refractivity contribution in [3.05, 3.63) is 0 Å². The van der Waals surface area contributed by atoms with Gasteiger partial charge in [-0.3, -0.25) is 4.79 Å². The first-order valence-corrected chi connectivity index (χ1v) is 2.81. The number of carbonyl (C=O) groups is 1. The predicted octanol–water partition coefficient (Wildman–Crippen LogP) is -1.43. The Hall–Kier alpha value is -0.650. The molecule has 0 saturated carbocycles. The average molecular weight is 130 g/mol. The van der Waals surface area contributed by atoms with Crippen molar-refractivity contribution in [1.29, 1.82) is 0 Å². The van der Waals surface area contributed by atoms with E-state index in [-0.39, 0.29) is 5.91 Å². The minimum absolute atomic E-state index is 0.000000000000000222. The molecule has 5 heteroatoms. The summed E-state index contributed by atoms with van der Waals surface area (Å²) in [5.41, 5.74) is 0. The molecule has 0 aliphatic carbocycles. The lowest BCUT2D eigenvalue weighted by molar-refractivity contribution is -0.144. The van der Waals surface area contributed by atoms with Gasteiger partial charge in [0, 0.05) is 13.0 Å². The zero-order valence-corrected chi connectivity index (χ0v) is 5.08. The Balaban J connectivity index is 2.49. The van der Waals surface area contributed by atoms with Gasteiger partial charge in [0.25, 0.3) is 0 Å². The fraction of sp³-hybridized carbons (Fsp3) is 0.750. The Bertz CT molecular complexity index is 124. The summed E-state index contributed by atoms with van der Waals surface area (Å²) in [5.74, 6) is 10.2. The number of amides is 1. The molecule has 0 radical (unpaired) electrons. The normalized spacial score (nSPS) is 19.9. The van der Waals surface area contributed by atoms with Crippen molar-refractivity contribution in [3.8, 4) is 0 Å². The first-order chi connectivity index (χ1) is 4.22. The van der Waals surface area contributed by atoms with Crippen LogP contribution in [0.4, 0.5) is 0 Å². The minimum Gasteiger partial charge on any atom is -0.273 e. The Morgan fingerprint density at radius 1 is 1.56 bits per heavy atom. The molecule has 0 spiro atoms. The molecule has 1 amide bonds. The monoisotopic (exact) mass is 130 g/mol. The molecule has 0 aromatic rings. The summed E-state index contributed by atoms with van der Waals surface area (Å²) in [6.45, 7) is 0.645. The molecule has 0 atom stereocenters. The number of carbonyl (C=O) groups excluding carboxylic acids is 1. The molecule has 1 saturated heterocycles. The van der Waals surface area contributed by atoms with Crippen molar-refractivity contribution in [2.75, 3.05) is 6.54 Å². The zero-order valence-electron chi connectivity index (χ0n) is 5.08. The largest absolute Gasteiger partial charge is 0.273 e. The quantitative estimate of drug-likeness (QED) is 0.337. The van der Waals surface area contributed by atoms with Crippen LogP contribution in [0.1, 0.15) is 12.8 Å². The SMILES string of the molecule is NN(N)N1CCCC1=O. The van der Waals surface area contributed by atoms with Crippen molar-refractivity contribution < 1.29 is 4.79 Å². The van der Waals surface area contributed by atoms with Gasteiger partial charge in [-0.2, -0.15) is 0 Å². The number of hydrazine groups is 3. The summed E-state index contributed by atoms with van der Waals surface area (Å²) >= 11 is 0. The van der Waals surface area contributed by atoms with E-state index in [0.29, 0.717) is 13.0 Å². The van der Waals surface area contributed by atoms with Crippen molar-refractivity contribution in [1.82, 2.24) is 10.2 Å². The van der Waals surface area contributed by atoms with Gasteiger partial charge in [0.2, 0.25) is 5.91 Å². The third kappa shape index (κ3) is 1.18. The lowest BCUT2D eigenvalue weighted by Gasteiger charge is -2.20. The number of nitrogens with two attached hydrogens (primary N) is 2. The molecule has 5 nitrogen and oxygen atoms in total. The molecule has 1 fully saturated rings. The number of rotatable bonds is 1. The summed E-state index contributed by atoms with van der Waals surface area (Å²) < 4.78 is 0. The van der Waals surface area contributed by atoms with Gasteiger partial charge in [-0.25, -0.2) is 16.7 Å². The van der Waals surface area contributed by atoms with E-state index in [1.165, 1.54) is 5.01 Å². The van der Waals surface area contributed by atoms with E-state index in [0.717, 1.165) is 11.6 Å². The van der Waals surface area contributed by atoms with Gasteiger partial charge in [-0.05, 0) is 6.42 Å². The van der Waals surface area contributed by atoms with Crippen LogP contribution in [0.3, 0.4) is 0 Å². The molecule has 1 aliphatic heterocycles. The fourth-order valence-electron chi connectivity index (χ4n) is 0.878. The molecule has 0 unspecified atom stereocenters. The highest BCUT2D eigenvalue weighted by atomic mass is 16.2. The molecule has 1 heterocycles. The maximum Gasteiger partial charge on any atom is 0.239 e. The summed E-state index contributed by atoms with van der Waals surface area (Å²) in [6, 6.07) is 0. The maximum atomic E-state index is 10.7. The Morgan fingerprint density at radius 3 is 2.44 bits per heavy atom. The fourth-order valence-corrected chi connectivity index (χ4v) is 0.878. The van der Waals surface area contributed by atoms with Crippen LogP contribution in [0.15, 0.2) is 0 Å². The number of hydrogen-bond donors (Lipinski definition) is 2. The smallest absolute Gasteiger partial charge is 0.239 e. The van der Waals surface area contributed by atoms with E-state index < -0.39 is 0 Å². The predicted molar refractivity (Wildman–Crippen MR) is 31.2 cm³/mol. The second-order valence-electron chi connectivity index (χ2n) is 2.00. The topological polar surface area (TPSA) is 75.6 Å². The second kappa shape index (κ2) is 2.30. The summed E-state index contributed by atoms with van der Waals surface area (Å²) in [5, 5.41) is 2.16. The zero-order chi connectivity index (χ0) is 6.85. The molecule has 0 aromatic heterocycles. The molecule has 1 rings (SSSR count). The minimum atomic E-state index is 0.000000000000000222. The lowest BCUT2D eigenvalue weighted by atomic mass is 10.4. The van der Waals surface area contributed by atoms with Gasteiger partial charge in [-0.15, -0.1) is 0 Å². The Kier molecular flexibility index (Phi) is 1.65. The maximum absolute atomic E-state index is 10.7. The third-order valence-corrected chi connectivity index (χ3v) is 1.33. The average Bonchev–Trinajstić information content (AvgIpc) is 2.13. The van der Waals surface area contributed by atoms with Crippen LogP contribution in [0.25, 0.3) is 0 Å². The van der Waals surface area contributed by atoms with Crippen LogP contribution in [-0.2, 0) is 4.79 Å². The van der Waals surface area contributed by atoms with Gasteiger partial charge in [0.1, 0.15) is 0 Å². The summed E-state index contributed by atoms with van der Waals surface area (Å²) in [7, 11) is 0. The van der Waals surface area contributed by atoms with E-state index in [2.05, 4.69) is 0 Å². The molecular formula is C4H10N4O. The van der Waals surface area contributed by atoms with Gasteiger partial charge in [0.05, 0.1) is 0 Å². The van der Waals surface area contributed by atoms with Gasteiger partial charge >= 0.3 is 0 Å². The Morgan fingerprint density at radius 2 is 2.22 bits per heavy atom. The first kappa shape index (κ1) is 6.47. The van der Waals surface area contributed by atoms with Crippen LogP contribution in [0.2, 0.25) is 0 Å². The van der Waals surface area contributed by atoms with E-state index in [9.17, 15) is 4.79 Å². The second-order valence-corrected chi connectivity index (χ2v) is 2.00.